The van der Waals surface area contributed by atoms with E-state index in [0.29, 0.717) is 12.8 Å². The van der Waals surface area contributed by atoms with Gasteiger partial charge < -0.3 is 10.4 Å². The summed E-state index contributed by atoms with van der Waals surface area (Å²) in [4.78, 5) is 24.9. The second kappa shape index (κ2) is 4.94. The van der Waals surface area contributed by atoms with E-state index in [-0.39, 0.29) is 5.91 Å². The lowest BCUT2D eigenvalue weighted by atomic mass is 9.77. The average Bonchev–Trinajstić information content (AvgIpc) is 2.66. The van der Waals surface area contributed by atoms with E-state index in [9.17, 15) is 9.59 Å². The van der Waals surface area contributed by atoms with Crippen molar-refractivity contribution in [1.82, 2.24) is 5.32 Å². The maximum atomic E-state index is 11.7. The van der Waals surface area contributed by atoms with Crippen molar-refractivity contribution in [3.8, 4) is 0 Å². The first-order chi connectivity index (χ1) is 8.52. The molecule has 96 valence electrons. The summed E-state index contributed by atoms with van der Waals surface area (Å²) in [6.45, 7) is 2.00. The van der Waals surface area contributed by atoms with Gasteiger partial charge in [-0.25, -0.2) is 4.79 Å². The Balaban J connectivity index is 1.96. The molecule has 1 saturated carbocycles. The predicted octanol–water partition coefficient (Wildman–Crippen LogP) is 2.19. The van der Waals surface area contributed by atoms with E-state index in [2.05, 4.69) is 5.32 Å². The number of carbonyl (C=O) groups excluding carboxylic acids is 1. The second-order valence-electron chi connectivity index (χ2n) is 4.51. The van der Waals surface area contributed by atoms with E-state index in [1.54, 1.807) is 17.4 Å². The zero-order valence-corrected chi connectivity index (χ0v) is 10.9. The highest BCUT2D eigenvalue weighted by atomic mass is 32.1. The number of aryl methyl sites for hydroxylation is 1. The maximum absolute atomic E-state index is 11.7. The number of hydrogen-bond donors (Lipinski definition) is 2. The van der Waals surface area contributed by atoms with Gasteiger partial charge in [0.05, 0.1) is 0 Å². The van der Waals surface area contributed by atoms with Gasteiger partial charge in [-0.05, 0) is 44.4 Å². The van der Waals surface area contributed by atoms with Crippen molar-refractivity contribution < 1.29 is 14.7 Å². The first-order valence-corrected chi connectivity index (χ1v) is 6.64. The standard InChI is InChI=1S/C13H15NO3S/c1-9-3-4-10(18-9)5-6-11(15)14-13(12(16)17)7-2-8-13/h3-6H,2,7-8H2,1H3,(H,14,15)(H,16,17)/b6-5+. The van der Waals surface area contributed by atoms with Gasteiger partial charge in [0.25, 0.3) is 0 Å². The molecule has 5 heteroatoms. The van der Waals surface area contributed by atoms with Crippen LogP contribution in [0.3, 0.4) is 0 Å². The van der Waals surface area contributed by atoms with Gasteiger partial charge in [-0.1, -0.05) is 0 Å². The Morgan fingerprint density at radius 1 is 1.44 bits per heavy atom. The van der Waals surface area contributed by atoms with Gasteiger partial charge in [0.1, 0.15) is 5.54 Å². The van der Waals surface area contributed by atoms with Crippen LogP contribution >= 0.6 is 11.3 Å². The van der Waals surface area contributed by atoms with Crippen LogP contribution in [0.5, 0.6) is 0 Å². The highest BCUT2D eigenvalue weighted by molar-refractivity contribution is 7.12. The molecule has 1 aromatic heterocycles. The number of hydrogen-bond acceptors (Lipinski definition) is 3. The van der Waals surface area contributed by atoms with Crippen molar-refractivity contribution in [2.75, 3.05) is 0 Å². The summed E-state index contributed by atoms with van der Waals surface area (Å²) in [5, 5.41) is 11.7. The largest absolute Gasteiger partial charge is 0.480 e. The Morgan fingerprint density at radius 2 is 2.17 bits per heavy atom. The van der Waals surface area contributed by atoms with Crippen LogP contribution in [0.1, 0.15) is 29.0 Å². The number of rotatable bonds is 4. The van der Waals surface area contributed by atoms with Gasteiger partial charge in [-0.3, -0.25) is 4.79 Å². The number of amides is 1. The van der Waals surface area contributed by atoms with Crippen molar-refractivity contribution in [1.29, 1.82) is 0 Å². The van der Waals surface area contributed by atoms with E-state index in [1.807, 2.05) is 19.1 Å². The van der Waals surface area contributed by atoms with Crippen molar-refractivity contribution in [2.24, 2.45) is 0 Å². The van der Waals surface area contributed by atoms with Crippen LogP contribution in [0.4, 0.5) is 0 Å². The zero-order chi connectivity index (χ0) is 13.2. The molecule has 1 amide bonds. The van der Waals surface area contributed by atoms with Crippen LogP contribution in [-0.4, -0.2) is 22.5 Å². The Bertz CT molecular complexity index is 500. The molecule has 0 saturated heterocycles. The molecule has 18 heavy (non-hydrogen) atoms. The molecule has 0 aromatic carbocycles. The molecule has 4 nitrogen and oxygen atoms in total. The Hall–Kier alpha value is -1.62. The van der Waals surface area contributed by atoms with E-state index >= 15 is 0 Å². The summed E-state index contributed by atoms with van der Waals surface area (Å²) >= 11 is 1.59. The molecular formula is C13H15NO3S. The molecule has 0 aliphatic heterocycles. The lowest BCUT2D eigenvalue weighted by molar-refractivity contribution is -0.151. The number of carbonyl (C=O) groups is 2. The predicted molar refractivity (Wildman–Crippen MR) is 70.5 cm³/mol. The van der Waals surface area contributed by atoms with Crippen molar-refractivity contribution >= 4 is 29.3 Å². The molecule has 1 fully saturated rings. The molecule has 2 N–H and O–H groups in total. The molecular weight excluding hydrogens is 250 g/mol. The van der Waals surface area contributed by atoms with Crippen LogP contribution in [0.2, 0.25) is 0 Å². The lowest BCUT2D eigenvalue weighted by Gasteiger charge is -2.37. The summed E-state index contributed by atoms with van der Waals surface area (Å²) in [5.41, 5.74) is -1.03. The minimum absolute atomic E-state index is 0.344. The zero-order valence-electron chi connectivity index (χ0n) is 10.1. The van der Waals surface area contributed by atoms with Crippen LogP contribution in [0.25, 0.3) is 6.08 Å². The first-order valence-electron chi connectivity index (χ1n) is 5.82. The highest BCUT2D eigenvalue weighted by Gasteiger charge is 2.45. The SMILES string of the molecule is Cc1ccc(/C=C/C(=O)NC2(C(=O)O)CCC2)s1. The van der Waals surface area contributed by atoms with Crippen molar-refractivity contribution in [3.63, 3.8) is 0 Å². The molecule has 1 aliphatic rings. The molecule has 0 radical (unpaired) electrons. The summed E-state index contributed by atoms with van der Waals surface area (Å²) in [7, 11) is 0. The Morgan fingerprint density at radius 3 is 2.61 bits per heavy atom. The lowest BCUT2D eigenvalue weighted by Crippen LogP contribution is -2.58. The number of thiophene rings is 1. The minimum Gasteiger partial charge on any atom is -0.480 e. The molecule has 1 heterocycles. The normalized spacial score (nSPS) is 17.4. The molecule has 0 unspecified atom stereocenters. The quantitative estimate of drug-likeness (QED) is 0.820. The Labute approximate surface area is 109 Å². The number of carboxylic acids is 1. The number of carboxylic acid groups (broad SMARTS) is 1. The van der Waals surface area contributed by atoms with E-state index in [0.717, 1.165) is 11.3 Å². The molecule has 0 bridgehead atoms. The van der Waals surface area contributed by atoms with Gasteiger partial charge in [0.2, 0.25) is 5.91 Å². The fourth-order valence-electron chi connectivity index (χ4n) is 1.90. The third kappa shape index (κ3) is 2.61. The van der Waals surface area contributed by atoms with Crippen LogP contribution in [0, 0.1) is 6.92 Å². The summed E-state index contributed by atoms with van der Waals surface area (Å²) in [6, 6.07) is 3.91. The van der Waals surface area contributed by atoms with Crippen LogP contribution in [0.15, 0.2) is 18.2 Å². The summed E-state index contributed by atoms with van der Waals surface area (Å²) in [6.07, 6.45) is 4.98. The highest BCUT2D eigenvalue weighted by Crippen LogP contribution is 2.32. The third-order valence-electron chi connectivity index (χ3n) is 3.14. The molecule has 2 rings (SSSR count). The molecule has 1 aliphatic carbocycles. The minimum atomic E-state index is -1.03. The maximum Gasteiger partial charge on any atom is 0.329 e. The average molecular weight is 265 g/mol. The fourth-order valence-corrected chi connectivity index (χ4v) is 2.68. The monoisotopic (exact) mass is 265 g/mol. The van der Waals surface area contributed by atoms with Gasteiger partial charge in [-0.2, -0.15) is 0 Å². The topological polar surface area (TPSA) is 66.4 Å². The van der Waals surface area contributed by atoms with Gasteiger partial charge >= 0.3 is 5.97 Å². The van der Waals surface area contributed by atoms with E-state index < -0.39 is 11.5 Å². The van der Waals surface area contributed by atoms with Gasteiger partial charge in [0.15, 0.2) is 0 Å². The number of aliphatic carboxylic acids is 1. The van der Waals surface area contributed by atoms with Gasteiger partial charge in [-0.15, -0.1) is 11.3 Å². The van der Waals surface area contributed by atoms with E-state index in [1.165, 1.54) is 11.0 Å². The Kier molecular flexibility index (Phi) is 3.52. The first kappa shape index (κ1) is 12.8. The van der Waals surface area contributed by atoms with Crippen molar-refractivity contribution in [3.05, 3.63) is 28.0 Å². The molecule has 0 atom stereocenters. The van der Waals surface area contributed by atoms with E-state index in [4.69, 9.17) is 5.11 Å². The third-order valence-corrected chi connectivity index (χ3v) is 4.11. The van der Waals surface area contributed by atoms with Crippen LogP contribution in [-0.2, 0) is 9.59 Å². The second-order valence-corrected chi connectivity index (χ2v) is 5.83. The summed E-state index contributed by atoms with van der Waals surface area (Å²) < 4.78 is 0. The van der Waals surface area contributed by atoms with Crippen molar-refractivity contribution in [2.45, 2.75) is 31.7 Å². The smallest absolute Gasteiger partial charge is 0.329 e. The molecule has 0 spiro atoms. The fraction of sp³-hybridized carbons (Fsp3) is 0.385. The number of nitrogens with one attached hydrogen (secondary N) is 1. The van der Waals surface area contributed by atoms with Crippen LogP contribution < -0.4 is 5.32 Å². The van der Waals surface area contributed by atoms with Gasteiger partial charge in [0, 0.05) is 15.8 Å². The molecule has 1 aromatic rings. The summed E-state index contributed by atoms with van der Waals surface area (Å²) in [5.74, 6) is -1.29.